The number of hydrazone groups is 1. The van der Waals surface area contributed by atoms with Crippen LogP contribution in [0.5, 0.6) is 11.5 Å². The van der Waals surface area contributed by atoms with Crippen LogP contribution < -0.4 is 20.2 Å². The molecule has 2 N–H and O–H groups in total. The van der Waals surface area contributed by atoms with Crippen molar-refractivity contribution in [3.63, 3.8) is 0 Å². The Bertz CT molecular complexity index is 1020. The molecule has 2 amide bonds. The molecule has 0 radical (unpaired) electrons. The number of amides is 2. The van der Waals surface area contributed by atoms with Crippen molar-refractivity contribution in [3.05, 3.63) is 59.7 Å². The van der Waals surface area contributed by atoms with E-state index < -0.39 is 11.9 Å². The Morgan fingerprint density at radius 1 is 0.744 bits per heavy atom. The molecule has 0 saturated heterocycles. The molecule has 0 aliphatic carbocycles. The smallest absolute Gasteiger partial charge is 0.343 e. The zero-order chi connectivity index (χ0) is 28.1. The van der Waals surface area contributed by atoms with E-state index in [1.54, 1.807) is 48.5 Å². The van der Waals surface area contributed by atoms with E-state index in [0.29, 0.717) is 35.7 Å². The molecule has 0 aliphatic heterocycles. The van der Waals surface area contributed by atoms with Crippen molar-refractivity contribution in [2.24, 2.45) is 5.10 Å². The molecule has 0 fully saturated rings. The summed E-state index contributed by atoms with van der Waals surface area (Å²) >= 11 is 0. The van der Waals surface area contributed by atoms with E-state index in [1.807, 2.05) is 6.92 Å². The Labute approximate surface area is 232 Å². The molecule has 0 atom stereocenters. The number of hydrogen-bond donors (Lipinski definition) is 2. The van der Waals surface area contributed by atoms with Gasteiger partial charge in [0.2, 0.25) is 5.91 Å². The zero-order valence-electron chi connectivity index (χ0n) is 23.4. The second-order valence-electron chi connectivity index (χ2n) is 9.48. The summed E-state index contributed by atoms with van der Waals surface area (Å²) < 4.78 is 10.9. The highest BCUT2D eigenvalue weighted by molar-refractivity contribution is 5.91. The summed E-state index contributed by atoms with van der Waals surface area (Å²) in [6, 6.07) is 13.5. The van der Waals surface area contributed by atoms with Gasteiger partial charge in [-0.05, 0) is 66.9 Å². The van der Waals surface area contributed by atoms with Crippen LogP contribution in [0.4, 0.5) is 0 Å². The molecule has 8 heteroatoms. The second-order valence-corrected chi connectivity index (χ2v) is 9.48. The highest BCUT2D eigenvalue weighted by atomic mass is 16.5. The van der Waals surface area contributed by atoms with Crippen LogP contribution in [0, 0.1) is 0 Å². The number of nitrogens with zero attached hydrogens (tertiary/aromatic N) is 1. The Kier molecular flexibility index (Phi) is 15.7. The topological polar surface area (TPSA) is 106 Å². The first-order chi connectivity index (χ1) is 19.0. The van der Waals surface area contributed by atoms with Crippen molar-refractivity contribution in [1.82, 2.24) is 10.7 Å². The lowest BCUT2D eigenvalue weighted by atomic mass is 10.1. The van der Waals surface area contributed by atoms with Crippen LogP contribution in [0.25, 0.3) is 0 Å². The summed E-state index contributed by atoms with van der Waals surface area (Å²) in [5, 5.41) is 6.54. The predicted molar refractivity (Wildman–Crippen MR) is 154 cm³/mol. The second kappa shape index (κ2) is 19.4. The molecule has 0 aromatic heterocycles. The molecule has 212 valence electrons. The maximum Gasteiger partial charge on any atom is 0.343 e. The zero-order valence-corrected chi connectivity index (χ0v) is 23.4. The van der Waals surface area contributed by atoms with Gasteiger partial charge in [0, 0.05) is 6.42 Å². The fraction of sp³-hybridized carbons (Fsp3) is 0.484. The Morgan fingerprint density at radius 3 is 2.00 bits per heavy atom. The summed E-state index contributed by atoms with van der Waals surface area (Å²) in [6.45, 7) is 4.76. The van der Waals surface area contributed by atoms with Crippen molar-refractivity contribution >= 4 is 24.0 Å². The Balaban J connectivity index is 1.60. The average Bonchev–Trinajstić information content (AvgIpc) is 2.95. The first-order valence-corrected chi connectivity index (χ1v) is 14.2. The van der Waals surface area contributed by atoms with Crippen molar-refractivity contribution in [3.8, 4) is 11.5 Å². The van der Waals surface area contributed by atoms with Gasteiger partial charge < -0.3 is 14.8 Å². The van der Waals surface area contributed by atoms with E-state index in [0.717, 1.165) is 25.7 Å². The third kappa shape index (κ3) is 14.2. The monoisotopic (exact) mass is 537 g/mol. The number of unbranched alkanes of at least 4 members (excludes halogenated alkanes) is 8. The number of carbonyl (C=O) groups is 3. The number of carbonyl (C=O) groups excluding carboxylic acids is 3. The number of ether oxygens (including phenoxy) is 2. The third-order valence-corrected chi connectivity index (χ3v) is 6.01. The molecule has 2 rings (SSSR count). The summed E-state index contributed by atoms with van der Waals surface area (Å²) in [7, 11) is 0. The minimum Gasteiger partial charge on any atom is -0.494 e. The van der Waals surface area contributed by atoms with Crippen LogP contribution in [0.3, 0.4) is 0 Å². The molecule has 0 spiro atoms. The van der Waals surface area contributed by atoms with Gasteiger partial charge in [0.25, 0.3) is 5.91 Å². The maximum absolute atomic E-state index is 12.4. The largest absolute Gasteiger partial charge is 0.494 e. The summed E-state index contributed by atoms with van der Waals surface area (Å²) in [5.74, 6) is 0.111. The molecule has 0 saturated carbocycles. The van der Waals surface area contributed by atoms with Crippen LogP contribution in [-0.2, 0) is 9.59 Å². The van der Waals surface area contributed by atoms with E-state index in [4.69, 9.17) is 9.47 Å². The van der Waals surface area contributed by atoms with Crippen LogP contribution in [0.1, 0.15) is 100 Å². The molecule has 0 aliphatic rings. The first kappa shape index (κ1) is 31.5. The standard InChI is InChI=1S/C31H43N3O5/c1-3-5-6-7-8-9-10-11-12-13-29(35)32-24-30(36)34-33-23-25-14-18-28(19-15-25)39-31(37)26-16-20-27(21-17-26)38-22-4-2/h14-21,23H,3-13,22,24H2,1-2H3,(H,32,35)(H,34,36). The Hall–Kier alpha value is -3.68. The number of rotatable bonds is 19. The van der Waals surface area contributed by atoms with Crippen molar-refractivity contribution in [2.75, 3.05) is 13.2 Å². The molecular formula is C31H43N3O5. The van der Waals surface area contributed by atoms with E-state index in [2.05, 4.69) is 22.8 Å². The van der Waals surface area contributed by atoms with Gasteiger partial charge in [-0.25, -0.2) is 10.2 Å². The van der Waals surface area contributed by atoms with E-state index >= 15 is 0 Å². The summed E-state index contributed by atoms with van der Waals surface area (Å²) in [6.07, 6.45) is 13.6. The van der Waals surface area contributed by atoms with Gasteiger partial charge >= 0.3 is 5.97 Å². The fourth-order valence-corrected chi connectivity index (χ4v) is 3.78. The lowest BCUT2D eigenvalue weighted by Crippen LogP contribution is -2.34. The highest BCUT2D eigenvalue weighted by Crippen LogP contribution is 2.17. The normalized spacial score (nSPS) is 10.8. The predicted octanol–water partition coefficient (Wildman–Crippen LogP) is 6.18. The van der Waals surface area contributed by atoms with E-state index in [9.17, 15) is 14.4 Å². The van der Waals surface area contributed by atoms with Gasteiger partial charge in [-0.3, -0.25) is 9.59 Å². The lowest BCUT2D eigenvalue weighted by Gasteiger charge is -2.07. The number of hydrogen-bond acceptors (Lipinski definition) is 6. The summed E-state index contributed by atoms with van der Waals surface area (Å²) in [5.41, 5.74) is 3.53. The molecule has 8 nitrogen and oxygen atoms in total. The van der Waals surface area contributed by atoms with Crippen molar-refractivity contribution < 1.29 is 23.9 Å². The van der Waals surface area contributed by atoms with Crippen molar-refractivity contribution in [2.45, 2.75) is 84.5 Å². The van der Waals surface area contributed by atoms with Crippen molar-refractivity contribution in [1.29, 1.82) is 0 Å². The molecule has 0 bridgehead atoms. The minimum atomic E-state index is -0.467. The molecule has 2 aromatic carbocycles. The van der Waals surface area contributed by atoms with Crippen LogP contribution in [-0.4, -0.2) is 37.1 Å². The van der Waals surface area contributed by atoms with E-state index in [-0.39, 0.29) is 12.5 Å². The summed E-state index contributed by atoms with van der Waals surface area (Å²) in [4.78, 5) is 36.2. The molecule has 39 heavy (non-hydrogen) atoms. The molecular weight excluding hydrogens is 494 g/mol. The van der Waals surface area contributed by atoms with Gasteiger partial charge in [0.15, 0.2) is 0 Å². The maximum atomic E-state index is 12.4. The molecule has 0 heterocycles. The molecule has 2 aromatic rings. The first-order valence-electron chi connectivity index (χ1n) is 14.2. The fourth-order valence-electron chi connectivity index (χ4n) is 3.78. The van der Waals surface area contributed by atoms with Gasteiger partial charge in [-0.2, -0.15) is 5.10 Å². The number of benzene rings is 2. The highest BCUT2D eigenvalue weighted by Gasteiger charge is 2.09. The Morgan fingerprint density at radius 2 is 1.36 bits per heavy atom. The number of nitrogens with one attached hydrogen (secondary N) is 2. The molecule has 0 unspecified atom stereocenters. The average molecular weight is 538 g/mol. The lowest BCUT2D eigenvalue weighted by molar-refractivity contribution is -0.126. The van der Waals surface area contributed by atoms with Gasteiger partial charge in [0.1, 0.15) is 11.5 Å². The van der Waals surface area contributed by atoms with Crippen LogP contribution in [0.2, 0.25) is 0 Å². The van der Waals surface area contributed by atoms with Crippen LogP contribution in [0.15, 0.2) is 53.6 Å². The third-order valence-electron chi connectivity index (χ3n) is 6.01. The van der Waals surface area contributed by atoms with E-state index in [1.165, 1.54) is 44.7 Å². The minimum absolute atomic E-state index is 0.117. The van der Waals surface area contributed by atoms with Gasteiger partial charge in [0.05, 0.1) is 24.9 Å². The van der Waals surface area contributed by atoms with Gasteiger partial charge in [-0.1, -0.05) is 65.2 Å². The SMILES string of the molecule is CCCCCCCCCCCC(=O)NCC(=O)NN=Cc1ccc(OC(=O)c2ccc(OCCC)cc2)cc1. The number of esters is 1. The van der Waals surface area contributed by atoms with Gasteiger partial charge in [-0.15, -0.1) is 0 Å². The quantitative estimate of drug-likeness (QED) is 0.0732. The van der Waals surface area contributed by atoms with Crippen LogP contribution >= 0.6 is 0 Å².